The van der Waals surface area contributed by atoms with Gasteiger partial charge >= 0.3 is 5.97 Å². The number of hydrogen-bond donors (Lipinski definition) is 8. The third-order valence-corrected chi connectivity index (χ3v) is 6.00. The molecular weight excluding hydrogens is 486 g/mol. The summed E-state index contributed by atoms with van der Waals surface area (Å²) < 4.78 is 0. The van der Waals surface area contributed by atoms with E-state index >= 15 is 0 Å². The fourth-order valence-electron chi connectivity index (χ4n) is 3.99. The van der Waals surface area contributed by atoms with Gasteiger partial charge in [-0.05, 0) is 51.5 Å². The molecule has 15 heteroatoms. The molecule has 0 aromatic heterocycles. The Morgan fingerprint density at radius 3 is 2.27 bits per heavy atom. The average molecular weight is 528 g/mol. The molecule has 0 spiro atoms. The van der Waals surface area contributed by atoms with E-state index in [1.807, 2.05) is 0 Å². The van der Waals surface area contributed by atoms with E-state index in [-0.39, 0.29) is 38.3 Å². The van der Waals surface area contributed by atoms with Crippen LogP contribution in [0.5, 0.6) is 0 Å². The van der Waals surface area contributed by atoms with Crippen LogP contribution in [0.25, 0.3) is 0 Å². The molecular formula is C22H41N9O6. The topological polar surface area (TPSA) is 275 Å². The van der Waals surface area contributed by atoms with Crippen LogP contribution in [0.2, 0.25) is 0 Å². The van der Waals surface area contributed by atoms with Gasteiger partial charge in [0, 0.05) is 19.5 Å². The van der Waals surface area contributed by atoms with Crippen molar-refractivity contribution in [3.63, 3.8) is 0 Å². The predicted octanol–water partition coefficient (Wildman–Crippen LogP) is -3.19. The van der Waals surface area contributed by atoms with E-state index < -0.39 is 53.8 Å². The average Bonchev–Trinajstić information content (AvgIpc) is 3.32. The molecule has 15 nitrogen and oxygen atoms in total. The predicted molar refractivity (Wildman–Crippen MR) is 135 cm³/mol. The van der Waals surface area contributed by atoms with Crippen LogP contribution in [0, 0.1) is 0 Å². The van der Waals surface area contributed by atoms with E-state index in [9.17, 15) is 29.1 Å². The van der Waals surface area contributed by atoms with Gasteiger partial charge in [-0.1, -0.05) is 6.42 Å². The van der Waals surface area contributed by atoms with E-state index in [1.165, 1.54) is 4.90 Å². The zero-order chi connectivity index (χ0) is 28.0. The smallest absolute Gasteiger partial charge is 0.326 e. The van der Waals surface area contributed by atoms with Gasteiger partial charge in [-0.15, -0.1) is 0 Å². The second kappa shape index (κ2) is 16.3. The molecule has 1 aliphatic rings. The first-order valence-electron chi connectivity index (χ1n) is 12.4. The van der Waals surface area contributed by atoms with E-state index in [0.717, 1.165) is 0 Å². The summed E-state index contributed by atoms with van der Waals surface area (Å²) in [6.45, 7) is 0.891. The van der Waals surface area contributed by atoms with Gasteiger partial charge in [0.15, 0.2) is 5.96 Å². The minimum absolute atomic E-state index is 0.0667. The van der Waals surface area contributed by atoms with Gasteiger partial charge in [0.05, 0.1) is 6.04 Å². The number of rotatable bonds is 17. The molecule has 1 heterocycles. The fraction of sp³-hybridized carbons (Fsp3) is 0.727. The zero-order valence-electron chi connectivity index (χ0n) is 21.1. The van der Waals surface area contributed by atoms with Gasteiger partial charge in [-0.25, -0.2) is 4.79 Å². The molecule has 1 aliphatic heterocycles. The summed E-state index contributed by atoms with van der Waals surface area (Å²) in [6.07, 6.45) is 2.68. The number of carbonyl (C=O) groups excluding carboxylic acids is 4. The van der Waals surface area contributed by atoms with Crippen LogP contribution in [-0.4, -0.2) is 89.4 Å². The van der Waals surface area contributed by atoms with Gasteiger partial charge < -0.3 is 49.3 Å². The first kappa shape index (κ1) is 31.6. The van der Waals surface area contributed by atoms with Crippen molar-refractivity contribution in [3.8, 4) is 0 Å². The number of unbranched alkanes of at least 4 members (excludes halogenated alkanes) is 1. The lowest BCUT2D eigenvalue weighted by Gasteiger charge is -2.30. The number of primary amides is 1. The van der Waals surface area contributed by atoms with Gasteiger partial charge in [-0.3, -0.25) is 24.2 Å². The van der Waals surface area contributed by atoms with Crippen molar-refractivity contribution < 1.29 is 29.1 Å². The number of carbonyl (C=O) groups is 5. The second-order valence-corrected chi connectivity index (χ2v) is 8.99. The van der Waals surface area contributed by atoms with Crippen LogP contribution in [0.15, 0.2) is 4.99 Å². The number of nitrogens with two attached hydrogens (primary N) is 5. The number of aliphatic carboxylic acids is 1. The van der Waals surface area contributed by atoms with Gasteiger partial charge in [-0.2, -0.15) is 0 Å². The lowest BCUT2D eigenvalue weighted by atomic mass is 10.1. The van der Waals surface area contributed by atoms with E-state index in [4.69, 9.17) is 28.7 Å². The molecule has 1 saturated heterocycles. The molecule has 4 amide bonds. The van der Waals surface area contributed by atoms with Crippen LogP contribution in [0.3, 0.4) is 0 Å². The molecule has 0 bridgehead atoms. The van der Waals surface area contributed by atoms with E-state index in [1.54, 1.807) is 0 Å². The van der Waals surface area contributed by atoms with Crippen molar-refractivity contribution in [1.29, 1.82) is 0 Å². The highest BCUT2D eigenvalue weighted by atomic mass is 16.4. The van der Waals surface area contributed by atoms with Crippen molar-refractivity contribution in [1.82, 2.24) is 15.5 Å². The lowest BCUT2D eigenvalue weighted by Crippen LogP contribution is -2.56. The molecule has 4 atom stereocenters. The molecule has 4 unspecified atom stereocenters. The second-order valence-electron chi connectivity index (χ2n) is 8.99. The Balaban J connectivity index is 2.89. The number of guanidine groups is 1. The van der Waals surface area contributed by atoms with Gasteiger partial charge in [0.2, 0.25) is 23.6 Å². The number of amides is 4. The molecule has 0 aromatic rings. The summed E-state index contributed by atoms with van der Waals surface area (Å²) in [5.41, 5.74) is 27.1. The SMILES string of the molecule is NCCCCC(N)C(=O)NC(CCC(N)=O)C(=O)N1CCCC1C(=O)NC(CCCN=C(N)N)C(=O)O. The first-order chi connectivity index (χ1) is 17.5. The molecule has 1 fully saturated rings. The summed E-state index contributed by atoms with van der Waals surface area (Å²) in [6, 6.07) is -4.12. The highest BCUT2D eigenvalue weighted by Gasteiger charge is 2.39. The Kier molecular flexibility index (Phi) is 13.9. The van der Waals surface area contributed by atoms with Crippen LogP contribution in [0.1, 0.15) is 57.8 Å². The first-order valence-corrected chi connectivity index (χ1v) is 12.4. The van der Waals surface area contributed by atoms with Crippen molar-refractivity contribution in [2.24, 2.45) is 33.7 Å². The Morgan fingerprint density at radius 1 is 0.973 bits per heavy atom. The van der Waals surface area contributed by atoms with Crippen LogP contribution >= 0.6 is 0 Å². The van der Waals surface area contributed by atoms with Crippen molar-refractivity contribution in [2.75, 3.05) is 19.6 Å². The molecule has 13 N–H and O–H groups in total. The van der Waals surface area contributed by atoms with Crippen LogP contribution in [0.4, 0.5) is 0 Å². The number of carboxylic acid groups (broad SMARTS) is 1. The summed E-state index contributed by atoms with van der Waals surface area (Å²) in [5.74, 6) is -3.76. The minimum atomic E-state index is -1.23. The lowest BCUT2D eigenvalue weighted by molar-refractivity contribution is -0.145. The molecule has 37 heavy (non-hydrogen) atoms. The number of hydrogen-bond acceptors (Lipinski definition) is 8. The molecule has 0 aromatic carbocycles. The zero-order valence-corrected chi connectivity index (χ0v) is 21.1. The van der Waals surface area contributed by atoms with Crippen molar-refractivity contribution >= 4 is 35.6 Å². The number of carboxylic acids is 1. The number of nitrogens with one attached hydrogen (secondary N) is 2. The Labute approximate surface area is 215 Å². The highest BCUT2D eigenvalue weighted by Crippen LogP contribution is 2.20. The number of aliphatic imine (C=N–C) groups is 1. The molecule has 0 saturated carbocycles. The standard InChI is InChI=1S/C22H41N9O6/c23-10-2-1-5-13(24)18(33)29-14(8-9-17(25)32)20(35)31-12-4-7-16(31)19(34)30-15(21(36)37)6-3-11-28-22(26)27/h13-16H,1-12,23-24H2,(H2,25,32)(H,29,33)(H,30,34)(H,36,37)(H4,26,27,28). The van der Waals surface area contributed by atoms with Crippen LogP contribution in [-0.2, 0) is 24.0 Å². The number of nitrogens with zero attached hydrogens (tertiary/aromatic N) is 2. The summed E-state index contributed by atoms with van der Waals surface area (Å²) in [4.78, 5) is 67.0. The normalized spacial score (nSPS) is 17.4. The fourth-order valence-corrected chi connectivity index (χ4v) is 3.99. The highest BCUT2D eigenvalue weighted by molar-refractivity contribution is 5.94. The maximum Gasteiger partial charge on any atom is 0.326 e. The summed E-state index contributed by atoms with van der Waals surface area (Å²) in [5, 5.41) is 14.6. The summed E-state index contributed by atoms with van der Waals surface area (Å²) >= 11 is 0. The summed E-state index contributed by atoms with van der Waals surface area (Å²) in [7, 11) is 0. The maximum absolute atomic E-state index is 13.4. The Morgan fingerprint density at radius 2 is 1.68 bits per heavy atom. The third-order valence-electron chi connectivity index (χ3n) is 6.00. The van der Waals surface area contributed by atoms with E-state index in [0.29, 0.717) is 45.1 Å². The number of likely N-dealkylation sites (tertiary alicyclic amines) is 1. The van der Waals surface area contributed by atoms with Gasteiger partial charge in [0.25, 0.3) is 0 Å². The monoisotopic (exact) mass is 527 g/mol. The molecule has 1 rings (SSSR count). The third kappa shape index (κ3) is 11.4. The van der Waals surface area contributed by atoms with Crippen LogP contribution < -0.4 is 39.3 Å². The quantitative estimate of drug-likeness (QED) is 0.0532. The van der Waals surface area contributed by atoms with Crippen molar-refractivity contribution in [3.05, 3.63) is 0 Å². The van der Waals surface area contributed by atoms with Crippen molar-refractivity contribution in [2.45, 2.75) is 82.0 Å². The maximum atomic E-state index is 13.4. The minimum Gasteiger partial charge on any atom is -0.480 e. The molecule has 0 aliphatic carbocycles. The Bertz CT molecular complexity index is 833. The largest absolute Gasteiger partial charge is 0.480 e. The molecule has 0 radical (unpaired) electrons. The van der Waals surface area contributed by atoms with E-state index in [2.05, 4.69) is 15.6 Å². The van der Waals surface area contributed by atoms with Gasteiger partial charge in [0.1, 0.15) is 18.1 Å². The molecule has 210 valence electrons. The Hall–Kier alpha value is -3.46.